The fraction of sp³-hybridized carbons (Fsp3) is 0.412. The number of hydrogen-bond donors (Lipinski definition) is 1. The highest BCUT2D eigenvalue weighted by Crippen LogP contribution is 2.48. The molecule has 0 unspecified atom stereocenters. The molecular formula is C17H16N2O4. The summed E-state index contributed by atoms with van der Waals surface area (Å²) in [5.41, 5.74) is -0.260. The van der Waals surface area contributed by atoms with E-state index in [2.05, 4.69) is 0 Å². The van der Waals surface area contributed by atoms with Crippen molar-refractivity contribution in [2.24, 2.45) is 0 Å². The van der Waals surface area contributed by atoms with Crippen molar-refractivity contribution < 1.29 is 19.4 Å². The van der Waals surface area contributed by atoms with Crippen LogP contribution in [0, 0.1) is 0 Å². The number of nitrogens with zero attached hydrogens (tertiary/aromatic N) is 2. The lowest BCUT2D eigenvalue weighted by molar-refractivity contribution is -0.168. The molecule has 2 saturated heterocycles. The average Bonchev–Trinajstić information content (AvgIpc) is 3.19. The molecular weight excluding hydrogens is 296 g/mol. The van der Waals surface area contributed by atoms with Gasteiger partial charge in [0.15, 0.2) is 0 Å². The largest absolute Gasteiger partial charge is 0.385 e. The molecule has 4 atom stereocenters. The van der Waals surface area contributed by atoms with Crippen LogP contribution in [0.25, 0.3) is 0 Å². The summed E-state index contributed by atoms with van der Waals surface area (Å²) in [6.07, 6.45) is 3.29. The van der Waals surface area contributed by atoms with Crippen LogP contribution in [-0.2, 0) is 14.3 Å². The standard InChI is InChI=1S/C17H16N2O4/c20-14-10-4-1-2-5-11(10)19-15(21)12-6-3-9-18(12)16(22)17(19)8-7-13(14)23-17/h1-2,4-5,7-8,12-14,20H,3,6,9H2/t12-,13-,14+,17-/m0/s1. The topological polar surface area (TPSA) is 70.1 Å². The third-order valence-electron chi connectivity index (χ3n) is 5.29. The molecule has 23 heavy (non-hydrogen) atoms. The molecule has 2 fully saturated rings. The maximum absolute atomic E-state index is 13.1. The van der Waals surface area contributed by atoms with Crippen LogP contribution in [0.2, 0.25) is 0 Å². The second-order valence-electron chi connectivity index (χ2n) is 6.47. The monoisotopic (exact) mass is 312 g/mol. The summed E-state index contributed by atoms with van der Waals surface area (Å²) >= 11 is 0. The smallest absolute Gasteiger partial charge is 0.281 e. The van der Waals surface area contributed by atoms with Gasteiger partial charge in [-0.3, -0.25) is 14.5 Å². The molecule has 4 aliphatic rings. The van der Waals surface area contributed by atoms with Gasteiger partial charge in [-0.25, -0.2) is 0 Å². The number of fused-ring (bicyclic) bond motifs is 4. The second-order valence-corrected chi connectivity index (χ2v) is 6.47. The van der Waals surface area contributed by atoms with E-state index < -0.39 is 24.0 Å². The van der Waals surface area contributed by atoms with E-state index in [4.69, 9.17) is 4.74 Å². The maximum atomic E-state index is 13.1. The van der Waals surface area contributed by atoms with E-state index in [1.165, 1.54) is 4.90 Å². The molecule has 0 aliphatic carbocycles. The van der Waals surface area contributed by atoms with Gasteiger partial charge in [-0.05, 0) is 25.0 Å². The summed E-state index contributed by atoms with van der Waals surface area (Å²) in [5.74, 6) is -0.337. The molecule has 0 saturated carbocycles. The maximum Gasteiger partial charge on any atom is 0.281 e. The molecule has 1 aromatic carbocycles. The van der Waals surface area contributed by atoms with E-state index >= 15 is 0 Å². The number of para-hydroxylation sites is 1. The van der Waals surface area contributed by atoms with E-state index in [0.29, 0.717) is 24.2 Å². The number of ether oxygens (including phenoxy) is 1. The second kappa shape index (κ2) is 4.21. The van der Waals surface area contributed by atoms with Crippen molar-refractivity contribution in [3.63, 3.8) is 0 Å². The average molecular weight is 312 g/mol. The molecule has 1 aromatic rings. The number of rotatable bonds is 0. The van der Waals surface area contributed by atoms with Gasteiger partial charge < -0.3 is 14.7 Å². The van der Waals surface area contributed by atoms with Gasteiger partial charge in [0.25, 0.3) is 11.8 Å². The van der Waals surface area contributed by atoms with Crippen molar-refractivity contribution in [3.05, 3.63) is 42.0 Å². The normalized spacial score (nSPS) is 37.5. The predicted molar refractivity (Wildman–Crippen MR) is 80.4 cm³/mol. The highest BCUT2D eigenvalue weighted by molar-refractivity contribution is 6.12. The quantitative estimate of drug-likeness (QED) is 0.717. The third-order valence-corrected chi connectivity index (χ3v) is 5.29. The summed E-state index contributed by atoms with van der Waals surface area (Å²) in [7, 11) is 0. The summed E-state index contributed by atoms with van der Waals surface area (Å²) in [4.78, 5) is 29.3. The molecule has 6 heteroatoms. The van der Waals surface area contributed by atoms with Crippen molar-refractivity contribution in [2.75, 3.05) is 11.4 Å². The molecule has 2 bridgehead atoms. The van der Waals surface area contributed by atoms with Crippen LogP contribution in [0.1, 0.15) is 24.5 Å². The van der Waals surface area contributed by atoms with E-state index in [1.807, 2.05) is 6.07 Å². The first-order valence-corrected chi connectivity index (χ1v) is 7.93. The zero-order valence-electron chi connectivity index (χ0n) is 12.4. The van der Waals surface area contributed by atoms with Gasteiger partial charge in [-0.2, -0.15) is 0 Å². The molecule has 5 rings (SSSR count). The molecule has 0 aromatic heterocycles. The van der Waals surface area contributed by atoms with Crippen LogP contribution in [0.15, 0.2) is 36.4 Å². The molecule has 4 heterocycles. The van der Waals surface area contributed by atoms with Crippen LogP contribution in [-0.4, -0.2) is 46.2 Å². The highest BCUT2D eigenvalue weighted by atomic mass is 16.6. The number of anilines is 1. The van der Waals surface area contributed by atoms with Crippen molar-refractivity contribution in [3.8, 4) is 0 Å². The number of piperazine rings is 1. The van der Waals surface area contributed by atoms with Crippen molar-refractivity contribution in [1.29, 1.82) is 0 Å². The molecule has 1 spiro atoms. The fourth-order valence-electron chi connectivity index (χ4n) is 4.23. The van der Waals surface area contributed by atoms with Gasteiger partial charge in [0.2, 0.25) is 5.72 Å². The van der Waals surface area contributed by atoms with Crippen molar-refractivity contribution >= 4 is 17.5 Å². The predicted octanol–water partition coefficient (Wildman–Crippen LogP) is 0.722. The highest BCUT2D eigenvalue weighted by Gasteiger charge is 2.62. The molecule has 4 aliphatic heterocycles. The molecule has 118 valence electrons. The number of carbonyl (C=O) groups excluding carboxylic acids is 2. The summed E-state index contributed by atoms with van der Waals surface area (Å²) in [5, 5.41) is 10.6. The lowest BCUT2D eigenvalue weighted by Crippen LogP contribution is -2.70. The van der Waals surface area contributed by atoms with E-state index in [-0.39, 0.29) is 11.8 Å². The molecule has 6 nitrogen and oxygen atoms in total. The number of amides is 2. The minimum Gasteiger partial charge on any atom is -0.385 e. The first-order valence-electron chi connectivity index (χ1n) is 7.93. The summed E-state index contributed by atoms with van der Waals surface area (Å²) in [6, 6.07) is 6.75. The lowest BCUT2D eigenvalue weighted by Gasteiger charge is -2.46. The Morgan fingerprint density at radius 1 is 1.26 bits per heavy atom. The molecule has 2 amide bonds. The number of benzene rings is 1. The van der Waals surface area contributed by atoms with E-state index in [0.717, 1.165) is 6.42 Å². The Morgan fingerprint density at radius 3 is 2.96 bits per heavy atom. The first-order chi connectivity index (χ1) is 11.1. The van der Waals surface area contributed by atoms with Gasteiger partial charge in [0.05, 0.1) is 5.69 Å². The third kappa shape index (κ3) is 1.45. The van der Waals surface area contributed by atoms with Crippen molar-refractivity contribution in [1.82, 2.24) is 4.90 Å². The Labute approximate surface area is 132 Å². The Kier molecular flexibility index (Phi) is 2.43. The minimum absolute atomic E-state index is 0.131. The Balaban J connectivity index is 1.78. The number of hydrogen-bond acceptors (Lipinski definition) is 4. The van der Waals surface area contributed by atoms with Crippen LogP contribution < -0.4 is 4.90 Å². The molecule has 0 radical (unpaired) electrons. The Bertz CT molecular complexity index is 761. The summed E-state index contributed by atoms with van der Waals surface area (Å²) < 4.78 is 5.95. The van der Waals surface area contributed by atoms with Gasteiger partial charge in [-0.1, -0.05) is 24.3 Å². The van der Waals surface area contributed by atoms with Gasteiger partial charge in [-0.15, -0.1) is 0 Å². The lowest BCUT2D eigenvalue weighted by atomic mass is 9.95. The Hall–Kier alpha value is -2.18. The zero-order valence-corrected chi connectivity index (χ0v) is 12.4. The Morgan fingerprint density at radius 2 is 2.09 bits per heavy atom. The van der Waals surface area contributed by atoms with E-state index in [9.17, 15) is 14.7 Å². The first kappa shape index (κ1) is 13.3. The number of aliphatic hydroxyl groups excluding tert-OH is 1. The minimum atomic E-state index is -1.45. The van der Waals surface area contributed by atoms with Gasteiger partial charge >= 0.3 is 0 Å². The van der Waals surface area contributed by atoms with Crippen LogP contribution in [0.4, 0.5) is 5.69 Å². The van der Waals surface area contributed by atoms with Gasteiger partial charge in [0.1, 0.15) is 18.2 Å². The zero-order chi connectivity index (χ0) is 15.8. The molecule has 1 N–H and O–H groups in total. The van der Waals surface area contributed by atoms with E-state index in [1.54, 1.807) is 35.3 Å². The number of aliphatic hydroxyl groups is 1. The van der Waals surface area contributed by atoms with Crippen LogP contribution in [0.5, 0.6) is 0 Å². The van der Waals surface area contributed by atoms with Gasteiger partial charge in [0, 0.05) is 12.1 Å². The van der Waals surface area contributed by atoms with Crippen LogP contribution >= 0.6 is 0 Å². The fourth-order valence-corrected chi connectivity index (χ4v) is 4.23. The van der Waals surface area contributed by atoms with Crippen LogP contribution in [0.3, 0.4) is 0 Å². The van der Waals surface area contributed by atoms with Crippen molar-refractivity contribution in [2.45, 2.75) is 36.8 Å². The number of carbonyl (C=O) groups is 2. The summed E-state index contributed by atoms with van der Waals surface area (Å²) in [6.45, 7) is 0.580. The SMILES string of the molecule is O=C1[C@@H]2CCCN2C(=O)[C@]23C=C[C@H](O2)[C@H](O)c2ccccc2N13.